The number of isocyanates is 2. The molecule has 0 radical (unpaired) electrons. The molecule has 0 aliphatic rings. The maximum atomic E-state index is 9.71. The molecule has 16 heavy (non-hydrogen) atoms. The summed E-state index contributed by atoms with van der Waals surface area (Å²) >= 11 is 0. The van der Waals surface area contributed by atoms with Crippen LogP contribution in [0.25, 0.3) is 0 Å². The molecule has 0 rings (SSSR count). The van der Waals surface area contributed by atoms with Gasteiger partial charge in [-0.05, 0) is 24.7 Å². The quantitative estimate of drug-likeness (QED) is 0.290. The molecule has 0 aromatic rings. The van der Waals surface area contributed by atoms with E-state index in [1.807, 2.05) is 0 Å². The Labute approximate surface area is 94.9 Å². The number of hydrogen-bond donors (Lipinski definition) is 0. The predicted octanol–water partition coefficient (Wildman–Crippen LogP) is 1.23. The fraction of sp³-hybridized carbons (Fsp3) is 0.500. The van der Waals surface area contributed by atoms with Crippen molar-refractivity contribution < 1.29 is 9.59 Å². The van der Waals surface area contributed by atoms with Gasteiger partial charge in [0, 0.05) is 12.8 Å². The van der Waals surface area contributed by atoms with Crippen molar-refractivity contribution in [2.75, 3.05) is 13.1 Å². The van der Waals surface area contributed by atoms with E-state index in [1.54, 1.807) is 0 Å². The lowest BCUT2D eigenvalue weighted by Gasteiger charge is -1.83. The zero-order chi connectivity index (χ0) is 11.9. The second-order valence-electron chi connectivity index (χ2n) is 2.76. The van der Waals surface area contributed by atoms with Crippen LogP contribution in [-0.2, 0) is 9.59 Å². The number of rotatable bonds is 6. The monoisotopic (exact) mass is 216 g/mol. The zero-order valence-corrected chi connectivity index (χ0v) is 8.95. The molecule has 0 bridgehead atoms. The molecule has 0 amide bonds. The van der Waals surface area contributed by atoms with Crippen LogP contribution in [0.3, 0.4) is 0 Å². The highest BCUT2D eigenvalue weighted by Gasteiger charge is 1.80. The van der Waals surface area contributed by atoms with Gasteiger partial charge in [-0.2, -0.15) is 0 Å². The van der Waals surface area contributed by atoms with Crippen molar-refractivity contribution in [3.05, 3.63) is 0 Å². The van der Waals surface area contributed by atoms with Crippen LogP contribution in [0.1, 0.15) is 25.7 Å². The molecule has 0 aliphatic heterocycles. The molecule has 4 heteroatoms. The van der Waals surface area contributed by atoms with E-state index in [1.165, 1.54) is 12.2 Å². The van der Waals surface area contributed by atoms with Crippen LogP contribution >= 0.6 is 0 Å². The van der Waals surface area contributed by atoms with Crippen molar-refractivity contribution >= 4 is 12.2 Å². The summed E-state index contributed by atoms with van der Waals surface area (Å²) in [7, 11) is 0. The third-order valence-corrected chi connectivity index (χ3v) is 1.51. The van der Waals surface area contributed by atoms with Crippen LogP contribution < -0.4 is 0 Å². The molecular formula is C12H12N2O2. The molecular weight excluding hydrogens is 204 g/mol. The maximum absolute atomic E-state index is 9.71. The molecule has 0 aromatic heterocycles. The van der Waals surface area contributed by atoms with Crippen LogP contribution in [0.5, 0.6) is 0 Å². The largest absolute Gasteiger partial charge is 0.234 e. The van der Waals surface area contributed by atoms with Gasteiger partial charge in [-0.25, -0.2) is 19.6 Å². The van der Waals surface area contributed by atoms with Gasteiger partial charge in [0.1, 0.15) is 0 Å². The first-order valence-corrected chi connectivity index (χ1v) is 4.95. The highest BCUT2D eigenvalue weighted by Crippen LogP contribution is 1.87. The topological polar surface area (TPSA) is 58.9 Å². The summed E-state index contributed by atoms with van der Waals surface area (Å²) in [6.07, 6.45) is 5.78. The van der Waals surface area contributed by atoms with Gasteiger partial charge in [0.15, 0.2) is 0 Å². The fourth-order valence-electron chi connectivity index (χ4n) is 0.798. The molecule has 0 aromatic carbocycles. The van der Waals surface area contributed by atoms with Crippen LogP contribution in [0.2, 0.25) is 0 Å². The van der Waals surface area contributed by atoms with E-state index in [2.05, 4.69) is 33.7 Å². The number of nitrogens with zero attached hydrogens (tertiary/aromatic N) is 2. The second kappa shape index (κ2) is 12.9. The van der Waals surface area contributed by atoms with Crippen molar-refractivity contribution in [2.45, 2.75) is 25.7 Å². The molecule has 0 unspecified atom stereocenters. The van der Waals surface area contributed by atoms with E-state index in [9.17, 15) is 9.59 Å². The molecule has 82 valence electrons. The Balaban J connectivity index is 3.47. The first kappa shape index (κ1) is 13.9. The van der Waals surface area contributed by atoms with Gasteiger partial charge in [-0.3, -0.25) is 0 Å². The summed E-state index contributed by atoms with van der Waals surface area (Å²) in [4.78, 5) is 26.2. The molecule has 0 saturated carbocycles. The van der Waals surface area contributed by atoms with Crippen molar-refractivity contribution in [3.63, 3.8) is 0 Å². The van der Waals surface area contributed by atoms with Gasteiger partial charge in [0.25, 0.3) is 0 Å². The Kier molecular flexibility index (Phi) is 11.2. The highest BCUT2D eigenvalue weighted by molar-refractivity contribution is 5.33. The van der Waals surface area contributed by atoms with E-state index >= 15 is 0 Å². The average molecular weight is 216 g/mol. The van der Waals surface area contributed by atoms with E-state index in [-0.39, 0.29) is 0 Å². The molecule has 0 atom stereocenters. The summed E-state index contributed by atoms with van der Waals surface area (Å²) in [6, 6.07) is 0. The molecule has 0 aliphatic carbocycles. The van der Waals surface area contributed by atoms with Gasteiger partial charge >= 0.3 is 0 Å². The second-order valence-corrected chi connectivity index (χ2v) is 2.76. The van der Waals surface area contributed by atoms with Gasteiger partial charge in [0.05, 0.1) is 13.1 Å². The molecule has 0 heterocycles. The normalized spacial score (nSPS) is 7.25. The summed E-state index contributed by atoms with van der Waals surface area (Å²) < 4.78 is 0. The minimum atomic E-state index is 0.468. The van der Waals surface area contributed by atoms with Gasteiger partial charge < -0.3 is 0 Å². The zero-order valence-electron chi connectivity index (χ0n) is 8.95. The standard InChI is InChI=1S/C12H12N2O2/c15-11-13-9-7-5-3-1-2-4-6-8-10-14-12-16/h5-10H2. The van der Waals surface area contributed by atoms with E-state index < -0.39 is 0 Å². The number of carbonyl (C=O) groups excluding carboxylic acids is 2. The van der Waals surface area contributed by atoms with Crippen LogP contribution in [0.4, 0.5) is 0 Å². The average Bonchev–Trinajstić information content (AvgIpc) is 2.31. The third kappa shape index (κ3) is 11.9. The van der Waals surface area contributed by atoms with Crippen molar-refractivity contribution in [1.82, 2.24) is 0 Å². The Morgan fingerprint density at radius 3 is 1.56 bits per heavy atom. The Hall–Kier alpha value is -2.12. The lowest BCUT2D eigenvalue weighted by molar-refractivity contribution is 0.561. The molecule has 0 spiro atoms. The first-order valence-electron chi connectivity index (χ1n) is 4.95. The van der Waals surface area contributed by atoms with Gasteiger partial charge in [0.2, 0.25) is 12.2 Å². The SMILES string of the molecule is O=C=NCCCC#CC#CCCCN=C=O. The minimum absolute atomic E-state index is 0.468. The van der Waals surface area contributed by atoms with Crippen molar-refractivity contribution in [3.8, 4) is 23.7 Å². The Morgan fingerprint density at radius 1 is 0.750 bits per heavy atom. The number of hydrogen-bond acceptors (Lipinski definition) is 4. The predicted molar refractivity (Wildman–Crippen MR) is 60.0 cm³/mol. The van der Waals surface area contributed by atoms with Crippen LogP contribution in [-0.4, -0.2) is 25.2 Å². The smallest absolute Gasteiger partial charge is 0.211 e. The Morgan fingerprint density at radius 2 is 1.19 bits per heavy atom. The maximum Gasteiger partial charge on any atom is 0.234 e. The molecule has 4 nitrogen and oxygen atoms in total. The van der Waals surface area contributed by atoms with E-state index in [4.69, 9.17) is 0 Å². The van der Waals surface area contributed by atoms with Crippen molar-refractivity contribution in [1.29, 1.82) is 0 Å². The van der Waals surface area contributed by atoms with Gasteiger partial charge in [-0.15, -0.1) is 0 Å². The number of aliphatic imine (C=N–C) groups is 2. The highest BCUT2D eigenvalue weighted by atomic mass is 16.1. The minimum Gasteiger partial charge on any atom is -0.211 e. The van der Waals surface area contributed by atoms with Gasteiger partial charge in [-0.1, -0.05) is 11.8 Å². The van der Waals surface area contributed by atoms with E-state index in [0.29, 0.717) is 25.9 Å². The lowest BCUT2D eigenvalue weighted by Crippen LogP contribution is -1.78. The summed E-state index contributed by atoms with van der Waals surface area (Å²) in [5.74, 6) is 11.1. The van der Waals surface area contributed by atoms with Crippen molar-refractivity contribution in [2.24, 2.45) is 9.98 Å². The molecule has 0 N–H and O–H groups in total. The Bertz CT molecular complexity index is 354. The summed E-state index contributed by atoms with van der Waals surface area (Å²) in [5.41, 5.74) is 0. The molecule has 0 fully saturated rings. The van der Waals surface area contributed by atoms with Crippen LogP contribution in [0, 0.1) is 23.7 Å². The summed E-state index contributed by atoms with van der Waals surface area (Å²) in [5, 5.41) is 0. The molecule has 0 saturated heterocycles. The fourth-order valence-corrected chi connectivity index (χ4v) is 0.798. The summed E-state index contributed by atoms with van der Waals surface area (Å²) in [6.45, 7) is 0.935. The lowest BCUT2D eigenvalue weighted by atomic mass is 10.3. The van der Waals surface area contributed by atoms with E-state index in [0.717, 1.165) is 12.8 Å². The van der Waals surface area contributed by atoms with Crippen LogP contribution in [0.15, 0.2) is 9.98 Å². The number of unbranched alkanes of at least 4 members (excludes halogenated alkanes) is 2. The third-order valence-electron chi connectivity index (χ3n) is 1.51. The first-order chi connectivity index (χ1) is 7.91.